The van der Waals surface area contributed by atoms with Crippen molar-refractivity contribution >= 4 is 5.97 Å². The Morgan fingerprint density at radius 1 is 1.27 bits per heavy atom. The van der Waals surface area contributed by atoms with Gasteiger partial charge in [-0.25, -0.2) is 0 Å². The Morgan fingerprint density at radius 2 is 2.03 bits per heavy atom. The number of benzene rings is 1. The van der Waals surface area contributed by atoms with Crippen LogP contribution in [0.15, 0.2) is 35.4 Å². The number of epoxide rings is 1. The van der Waals surface area contributed by atoms with Crippen molar-refractivity contribution in [3.05, 3.63) is 46.3 Å². The molecule has 0 amide bonds. The highest BCUT2D eigenvalue weighted by Gasteiger charge is 2.57. The Hall–Kier alpha value is -2.16. The third-order valence-electron chi connectivity index (χ3n) is 5.30. The van der Waals surface area contributed by atoms with E-state index in [0.29, 0.717) is 19.6 Å². The minimum Gasteiger partial charge on any atom is -0.469 e. The molecule has 2 fully saturated rings. The SMILES string of the molecule is COC(=O)CC(CCOCc1ccccc1)C1OC1C1OC(C)(C)OC1CN=[N+]=[N-]. The molecule has 2 aliphatic rings. The smallest absolute Gasteiger partial charge is 0.305 e. The molecular weight excluding hydrogens is 390 g/mol. The van der Waals surface area contributed by atoms with Gasteiger partial charge in [0.15, 0.2) is 5.79 Å². The second-order valence-corrected chi connectivity index (χ2v) is 7.98. The van der Waals surface area contributed by atoms with Gasteiger partial charge < -0.3 is 23.7 Å². The van der Waals surface area contributed by atoms with Crippen LogP contribution in [-0.2, 0) is 35.1 Å². The zero-order chi connectivity index (χ0) is 21.6. The van der Waals surface area contributed by atoms with Gasteiger partial charge in [0, 0.05) is 17.4 Å². The Kier molecular flexibility index (Phi) is 7.69. The van der Waals surface area contributed by atoms with Gasteiger partial charge >= 0.3 is 5.97 Å². The molecule has 0 spiro atoms. The number of ether oxygens (including phenoxy) is 5. The van der Waals surface area contributed by atoms with E-state index in [4.69, 9.17) is 29.2 Å². The molecule has 2 saturated heterocycles. The molecule has 1 aromatic carbocycles. The van der Waals surface area contributed by atoms with Crippen LogP contribution in [0.25, 0.3) is 10.4 Å². The Labute approximate surface area is 176 Å². The molecule has 0 saturated carbocycles. The summed E-state index contributed by atoms with van der Waals surface area (Å²) in [4.78, 5) is 14.7. The van der Waals surface area contributed by atoms with Gasteiger partial charge in [0.1, 0.15) is 12.2 Å². The monoisotopic (exact) mass is 419 g/mol. The second kappa shape index (κ2) is 10.2. The van der Waals surface area contributed by atoms with E-state index in [1.54, 1.807) is 0 Å². The lowest BCUT2D eigenvalue weighted by molar-refractivity contribution is -0.147. The van der Waals surface area contributed by atoms with Crippen molar-refractivity contribution < 1.29 is 28.5 Å². The molecule has 5 unspecified atom stereocenters. The largest absolute Gasteiger partial charge is 0.469 e. The summed E-state index contributed by atoms with van der Waals surface area (Å²) in [7, 11) is 1.38. The van der Waals surface area contributed by atoms with Crippen LogP contribution in [0.1, 0.15) is 32.3 Å². The molecule has 0 aromatic heterocycles. The van der Waals surface area contributed by atoms with Crippen LogP contribution in [0.4, 0.5) is 0 Å². The summed E-state index contributed by atoms with van der Waals surface area (Å²) in [6, 6.07) is 9.93. The number of methoxy groups -OCH3 is 1. The molecule has 9 nitrogen and oxygen atoms in total. The van der Waals surface area contributed by atoms with Crippen LogP contribution < -0.4 is 0 Å². The van der Waals surface area contributed by atoms with Gasteiger partial charge in [0.2, 0.25) is 0 Å². The Bertz CT molecular complexity index is 752. The first-order valence-electron chi connectivity index (χ1n) is 10.1. The molecule has 0 radical (unpaired) electrons. The van der Waals surface area contributed by atoms with Crippen molar-refractivity contribution in [3.8, 4) is 0 Å². The summed E-state index contributed by atoms with van der Waals surface area (Å²) in [6.45, 7) is 4.81. The molecule has 0 bridgehead atoms. The highest BCUT2D eigenvalue weighted by Crippen LogP contribution is 2.43. The van der Waals surface area contributed by atoms with E-state index in [2.05, 4.69) is 10.0 Å². The Balaban J connectivity index is 1.56. The van der Waals surface area contributed by atoms with Gasteiger partial charge in [-0.2, -0.15) is 0 Å². The number of nitrogens with zero attached hydrogens (tertiary/aromatic N) is 3. The topological polar surface area (TPSA) is 115 Å². The molecule has 9 heteroatoms. The molecule has 2 heterocycles. The van der Waals surface area contributed by atoms with E-state index in [0.717, 1.165) is 5.56 Å². The first-order valence-corrected chi connectivity index (χ1v) is 10.1. The number of hydrogen-bond acceptors (Lipinski definition) is 7. The zero-order valence-corrected chi connectivity index (χ0v) is 17.6. The lowest BCUT2D eigenvalue weighted by Crippen LogP contribution is -2.33. The van der Waals surface area contributed by atoms with Gasteiger partial charge in [0.05, 0.1) is 38.9 Å². The van der Waals surface area contributed by atoms with E-state index in [9.17, 15) is 4.79 Å². The quantitative estimate of drug-likeness (QED) is 0.136. The number of carbonyl (C=O) groups is 1. The predicted molar refractivity (Wildman–Crippen MR) is 107 cm³/mol. The third-order valence-corrected chi connectivity index (χ3v) is 5.30. The van der Waals surface area contributed by atoms with E-state index in [-0.39, 0.29) is 49.3 Å². The van der Waals surface area contributed by atoms with E-state index < -0.39 is 5.79 Å². The summed E-state index contributed by atoms with van der Waals surface area (Å²) < 4.78 is 28.4. The van der Waals surface area contributed by atoms with Gasteiger partial charge in [-0.3, -0.25) is 4.79 Å². The van der Waals surface area contributed by atoms with Crippen molar-refractivity contribution in [2.75, 3.05) is 20.3 Å². The maximum Gasteiger partial charge on any atom is 0.305 e. The normalized spacial score (nSPS) is 27.8. The molecule has 164 valence electrons. The zero-order valence-electron chi connectivity index (χ0n) is 17.6. The number of esters is 1. The molecule has 0 N–H and O–H groups in total. The molecule has 2 aliphatic heterocycles. The summed E-state index contributed by atoms with van der Waals surface area (Å²) in [5.41, 5.74) is 9.73. The lowest BCUT2D eigenvalue weighted by Gasteiger charge is -2.17. The highest BCUT2D eigenvalue weighted by molar-refractivity contribution is 5.69. The predicted octanol–water partition coefficient (Wildman–Crippen LogP) is 3.37. The minimum atomic E-state index is -0.784. The van der Waals surface area contributed by atoms with Gasteiger partial charge in [-0.1, -0.05) is 35.4 Å². The van der Waals surface area contributed by atoms with Crippen LogP contribution in [0.2, 0.25) is 0 Å². The van der Waals surface area contributed by atoms with E-state index in [1.807, 2.05) is 44.2 Å². The first kappa shape index (κ1) is 22.5. The van der Waals surface area contributed by atoms with Gasteiger partial charge in [-0.15, -0.1) is 0 Å². The lowest BCUT2D eigenvalue weighted by atomic mass is 9.93. The average Bonchev–Trinajstić information content (AvgIpc) is 3.46. The summed E-state index contributed by atoms with van der Waals surface area (Å²) in [5, 5.41) is 3.63. The second-order valence-electron chi connectivity index (χ2n) is 7.98. The van der Waals surface area contributed by atoms with Gasteiger partial charge in [0.25, 0.3) is 0 Å². The first-order chi connectivity index (χ1) is 14.4. The number of rotatable bonds is 11. The van der Waals surface area contributed by atoms with Crippen molar-refractivity contribution in [2.45, 2.75) is 63.5 Å². The standard InChI is InChI=1S/C21H29N3O6/c1-21(2)29-16(12-23-24-22)19(30-21)20-18(28-20)15(11-17(25)26-3)9-10-27-13-14-7-5-4-6-8-14/h4-8,15-16,18-20H,9-13H2,1-3H3. The van der Waals surface area contributed by atoms with Crippen molar-refractivity contribution in [3.63, 3.8) is 0 Å². The van der Waals surface area contributed by atoms with Crippen molar-refractivity contribution in [1.82, 2.24) is 0 Å². The Morgan fingerprint density at radius 3 is 2.73 bits per heavy atom. The molecule has 30 heavy (non-hydrogen) atoms. The maximum atomic E-state index is 11.9. The van der Waals surface area contributed by atoms with E-state index in [1.165, 1.54) is 7.11 Å². The van der Waals surface area contributed by atoms with Crippen LogP contribution in [-0.4, -0.2) is 56.4 Å². The van der Waals surface area contributed by atoms with Gasteiger partial charge in [-0.05, 0) is 31.4 Å². The fraction of sp³-hybridized carbons (Fsp3) is 0.667. The summed E-state index contributed by atoms with van der Waals surface area (Å²) in [6.07, 6.45) is -0.249. The van der Waals surface area contributed by atoms with Crippen LogP contribution in [0.3, 0.4) is 0 Å². The van der Waals surface area contributed by atoms with Crippen molar-refractivity contribution in [1.29, 1.82) is 0 Å². The summed E-state index contributed by atoms with van der Waals surface area (Å²) in [5.74, 6) is -1.13. The molecule has 1 aromatic rings. The minimum absolute atomic E-state index is 0.0642. The fourth-order valence-corrected chi connectivity index (χ4v) is 3.86. The molecular formula is C21H29N3O6. The number of hydrogen-bond donors (Lipinski definition) is 0. The highest BCUT2D eigenvalue weighted by atomic mass is 16.8. The molecule has 5 atom stereocenters. The molecule has 3 rings (SSSR count). The van der Waals surface area contributed by atoms with Crippen LogP contribution in [0.5, 0.6) is 0 Å². The van der Waals surface area contributed by atoms with E-state index >= 15 is 0 Å². The average molecular weight is 419 g/mol. The fourth-order valence-electron chi connectivity index (χ4n) is 3.86. The maximum absolute atomic E-state index is 11.9. The molecule has 0 aliphatic carbocycles. The van der Waals surface area contributed by atoms with Crippen molar-refractivity contribution in [2.24, 2.45) is 11.0 Å². The van der Waals surface area contributed by atoms with Crippen LogP contribution in [0, 0.1) is 5.92 Å². The van der Waals surface area contributed by atoms with Crippen LogP contribution >= 0.6 is 0 Å². The number of azide groups is 1. The third kappa shape index (κ3) is 6.17. The number of carbonyl (C=O) groups excluding carboxylic acids is 1. The summed E-state index contributed by atoms with van der Waals surface area (Å²) >= 11 is 0.